The van der Waals surface area contributed by atoms with Gasteiger partial charge in [0.05, 0.1) is 5.56 Å². The van der Waals surface area contributed by atoms with Crippen LogP contribution >= 0.6 is 0 Å². The van der Waals surface area contributed by atoms with Gasteiger partial charge in [0.1, 0.15) is 5.54 Å². The summed E-state index contributed by atoms with van der Waals surface area (Å²) in [5.74, 6) is -1.26. The van der Waals surface area contributed by atoms with E-state index in [1.807, 2.05) is 0 Å². The van der Waals surface area contributed by atoms with E-state index in [0.29, 0.717) is 6.42 Å². The van der Waals surface area contributed by atoms with Crippen molar-refractivity contribution in [1.29, 1.82) is 0 Å². The van der Waals surface area contributed by atoms with Crippen LogP contribution in [0.1, 0.15) is 63.0 Å². The van der Waals surface area contributed by atoms with Gasteiger partial charge in [-0.25, -0.2) is 0 Å². The first-order valence-corrected chi connectivity index (χ1v) is 8.38. The fourth-order valence-corrected chi connectivity index (χ4v) is 2.78. The maximum Gasteiger partial charge on any atom is 0.416 e. The molecule has 0 saturated heterocycles. The Hall–Kier alpha value is -1.56. The van der Waals surface area contributed by atoms with Gasteiger partial charge in [-0.1, -0.05) is 63.6 Å². The number of hydrogen-bond donors (Lipinski definition) is 2. The zero-order valence-corrected chi connectivity index (χ0v) is 14.0. The van der Waals surface area contributed by atoms with Gasteiger partial charge in [-0.3, -0.25) is 4.79 Å². The number of rotatable bonds is 10. The summed E-state index contributed by atoms with van der Waals surface area (Å²) in [4.78, 5) is 11.5. The molecule has 0 aliphatic carbocycles. The van der Waals surface area contributed by atoms with Crippen molar-refractivity contribution in [3.63, 3.8) is 0 Å². The van der Waals surface area contributed by atoms with Crippen molar-refractivity contribution in [3.05, 3.63) is 35.4 Å². The second-order valence-corrected chi connectivity index (χ2v) is 6.31. The van der Waals surface area contributed by atoms with Gasteiger partial charge < -0.3 is 10.8 Å². The van der Waals surface area contributed by atoms with Crippen LogP contribution < -0.4 is 5.73 Å². The maximum atomic E-state index is 13.1. The Balaban J connectivity index is 2.77. The van der Waals surface area contributed by atoms with E-state index < -0.39 is 23.2 Å². The van der Waals surface area contributed by atoms with Gasteiger partial charge in [0.15, 0.2) is 0 Å². The molecule has 136 valence electrons. The lowest BCUT2D eigenvalue weighted by Crippen LogP contribution is -2.50. The van der Waals surface area contributed by atoms with E-state index in [9.17, 15) is 23.1 Å². The van der Waals surface area contributed by atoms with E-state index in [4.69, 9.17) is 5.73 Å². The van der Waals surface area contributed by atoms with Crippen molar-refractivity contribution in [3.8, 4) is 0 Å². The molecule has 0 aliphatic rings. The summed E-state index contributed by atoms with van der Waals surface area (Å²) in [6.07, 6.45) is 1.08. The van der Waals surface area contributed by atoms with E-state index in [2.05, 4.69) is 6.92 Å². The molecule has 1 aromatic rings. The van der Waals surface area contributed by atoms with Gasteiger partial charge in [0, 0.05) is 6.42 Å². The lowest BCUT2D eigenvalue weighted by Gasteiger charge is -2.26. The zero-order valence-electron chi connectivity index (χ0n) is 14.0. The fourth-order valence-electron chi connectivity index (χ4n) is 2.78. The van der Waals surface area contributed by atoms with Crippen molar-refractivity contribution in [2.24, 2.45) is 5.73 Å². The molecule has 0 bridgehead atoms. The van der Waals surface area contributed by atoms with Crippen LogP contribution in [-0.4, -0.2) is 16.6 Å². The lowest BCUT2D eigenvalue weighted by atomic mass is 9.85. The molecule has 6 heteroatoms. The zero-order chi connectivity index (χ0) is 18.2. The van der Waals surface area contributed by atoms with Crippen LogP contribution in [0.5, 0.6) is 0 Å². The Labute approximate surface area is 141 Å². The van der Waals surface area contributed by atoms with Crippen molar-refractivity contribution in [2.75, 3.05) is 0 Å². The molecule has 0 aliphatic heterocycles. The average molecular weight is 345 g/mol. The Morgan fingerprint density at radius 3 is 2.25 bits per heavy atom. The number of hydrogen-bond acceptors (Lipinski definition) is 2. The largest absolute Gasteiger partial charge is 0.480 e. The minimum Gasteiger partial charge on any atom is -0.480 e. The number of carbonyl (C=O) groups is 1. The summed E-state index contributed by atoms with van der Waals surface area (Å²) >= 11 is 0. The summed E-state index contributed by atoms with van der Waals surface area (Å²) in [7, 11) is 0. The van der Waals surface area contributed by atoms with Gasteiger partial charge in [0.2, 0.25) is 0 Å². The number of aliphatic carboxylic acids is 1. The molecular formula is C18H26F3NO2. The number of carboxylic acids is 1. The maximum absolute atomic E-state index is 13.1. The van der Waals surface area contributed by atoms with Crippen LogP contribution in [0.4, 0.5) is 13.2 Å². The molecule has 1 unspecified atom stereocenters. The molecule has 0 amide bonds. The molecule has 1 atom stereocenters. The monoisotopic (exact) mass is 345 g/mol. The first-order valence-electron chi connectivity index (χ1n) is 8.38. The van der Waals surface area contributed by atoms with Gasteiger partial charge >= 0.3 is 12.1 Å². The SMILES string of the molecule is CCCCCCCCC(N)(Cc1ccccc1C(F)(F)F)C(=O)O. The van der Waals surface area contributed by atoms with Crippen LogP contribution in [0.25, 0.3) is 0 Å². The number of halogens is 3. The second-order valence-electron chi connectivity index (χ2n) is 6.31. The third kappa shape index (κ3) is 6.15. The predicted octanol–water partition coefficient (Wildman–Crippen LogP) is 4.78. The minimum atomic E-state index is -4.52. The first-order chi connectivity index (χ1) is 11.2. The highest BCUT2D eigenvalue weighted by Crippen LogP contribution is 2.33. The highest BCUT2D eigenvalue weighted by molar-refractivity contribution is 5.79. The molecule has 24 heavy (non-hydrogen) atoms. The lowest BCUT2D eigenvalue weighted by molar-refractivity contribution is -0.145. The Kier molecular flexibility index (Phi) is 7.73. The molecule has 0 spiro atoms. The summed E-state index contributed by atoms with van der Waals surface area (Å²) < 4.78 is 39.2. The molecule has 1 aromatic carbocycles. The quantitative estimate of drug-likeness (QED) is 0.600. The fraction of sp³-hybridized carbons (Fsp3) is 0.611. The predicted molar refractivity (Wildman–Crippen MR) is 87.7 cm³/mol. The van der Waals surface area contributed by atoms with E-state index in [1.165, 1.54) is 18.2 Å². The Morgan fingerprint density at radius 1 is 1.08 bits per heavy atom. The number of carboxylic acid groups (broad SMARTS) is 1. The van der Waals surface area contributed by atoms with Crippen molar-refractivity contribution in [2.45, 2.75) is 70.0 Å². The minimum absolute atomic E-state index is 0.0686. The molecule has 0 aromatic heterocycles. The highest BCUT2D eigenvalue weighted by Gasteiger charge is 2.38. The second kappa shape index (κ2) is 9.06. The standard InChI is InChI=1S/C18H26F3NO2/c1-2-3-4-5-6-9-12-17(22,16(23)24)13-14-10-7-8-11-15(14)18(19,20)21/h7-8,10-11H,2-6,9,12-13,22H2,1H3,(H,23,24). The van der Waals surface area contributed by atoms with Crippen molar-refractivity contribution >= 4 is 5.97 Å². The Bertz CT molecular complexity index is 531. The van der Waals surface area contributed by atoms with Gasteiger partial charge in [0.25, 0.3) is 0 Å². The van der Waals surface area contributed by atoms with Crippen LogP contribution in [0.2, 0.25) is 0 Å². The highest BCUT2D eigenvalue weighted by atomic mass is 19.4. The third-order valence-corrected chi connectivity index (χ3v) is 4.23. The van der Waals surface area contributed by atoms with E-state index in [-0.39, 0.29) is 18.4 Å². The van der Waals surface area contributed by atoms with Crippen LogP contribution in [0, 0.1) is 0 Å². The molecule has 0 fully saturated rings. The van der Waals surface area contributed by atoms with Crippen LogP contribution in [0.3, 0.4) is 0 Å². The van der Waals surface area contributed by atoms with E-state index >= 15 is 0 Å². The molecule has 0 heterocycles. The smallest absolute Gasteiger partial charge is 0.416 e. The topological polar surface area (TPSA) is 63.3 Å². The van der Waals surface area contributed by atoms with Crippen LogP contribution in [0.15, 0.2) is 24.3 Å². The molecule has 0 radical (unpaired) electrons. The number of benzene rings is 1. The molecular weight excluding hydrogens is 319 g/mol. The summed E-state index contributed by atoms with van der Waals surface area (Å²) in [6.45, 7) is 2.10. The first kappa shape index (κ1) is 20.5. The summed E-state index contributed by atoms with van der Waals surface area (Å²) in [5.41, 5.74) is 3.40. The normalized spacial score (nSPS) is 14.4. The van der Waals surface area contributed by atoms with Gasteiger partial charge in [-0.05, 0) is 18.1 Å². The molecule has 1 rings (SSSR count). The summed E-state index contributed by atoms with van der Waals surface area (Å²) in [6, 6.07) is 5.02. The average Bonchev–Trinajstić information content (AvgIpc) is 2.50. The summed E-state index contributed by atoms with van der Waals surface area (Å²) in [5, 5.41) is 9.42. The number of alkyl halides is 3. The van der Waals surface area contributed by atoms with Crippen LogP contribution in [-0.2, 0) is 17.4 Å². The number of unbranched alkanes of at least 4 members (excludes halogenated alkanes) is 5. The van der Waals surface area contributed by atoms with Crippen molar-refractivity contribution < 1.29 is 23.1 Å². The van der Waals surface area contributed by atoms with Gasteiger partial charge in [-0.2, -0.15) is 13.2 Å². The van der Waals surface area contributed by atoms with Crippen molar-refractivity contribution in [1.82, 2.24) is 0 Å². The van der Waals surface area contributed by atoms with E-state index in [0.717, 1.165) is 38.2 Å². The van der Waals surface area contributed by atoms with Gasteiger partial charge in [-0.15, -0.1) is 0 Å². The Morgan fingerprint density at radius 2 is 1.67 bits per heavy atom. The molecule has 0 saturated carbocycles. The number of nitrogens with two attached hydrogens (primary N) is 1. The molecule has 3 N–H and O–H groups in total. The molecule has 3 nitrogen and oxygen atoms in total. The van der Waals surface area contributed by atoms with E-state index in [1.54, 1.807) is 0 Å². The third-order valence-electron chi connectivity index (χ3n) is 4.23.